The van der Waals surface area contributed by atoms with E-state index in [9.17, 15) is 8.42 Å². The van der Waals surface area contributed by atoms with Gasteiger partial charge in [0, 0.05) is 25.1 Å². The Hall–Kier alpha value is -1.57. The number of hydrogen-bond donors (Lipinski definition) is 2. The van der Waals surface area contributed by atoms with Gasteiger partial charge in [0.1, 0.15) is 22.2 Å². The van der Waals surface area contributed by atoms with Crippen LogP contribution in [0.25, 0.3) is 0 Å². The van der Waals surface area contributed by atoms with Crippen LogP contribution in [0.2, 0.25) is 0 Å². The summed E-state index contributed by atoms with van der Waals surface area (Å²) in [6, 6.07) is 3.59. The molecule has 0 bridgehead atoms. The van der Waals surface area contributed by atoms with Crippen LogP contribution < -0.4 is 10.0 Å². The zero-order valence-corrected chi connectivity index (χ0v) is 13.2. The fourth-order valence-electron chi connectivity index (χ4n) is 2.28. The molecule has 6 nitrogen and oxygen atoms in total. The van der Waals surface area contributed by atoms with Crippen LogP contribution in [0.15, 0.2) is 32.1 Å². The predicted molar refractivity (Wildman–Crippen MR) is 78.5 cm³/mol. The molecule has 21 heavy (non-hydrogen) atoms. The third-order valence-corrected chi connectivity index (χ3v) is 4.85. The first-order chi connectivity index (χ1) is 9.95. The summed E-state index contributed by atoms with van der Waals surface area (Å²) in [6.45, 7) is 4.14. The Morgan fingerprint density at radius 2 is 2.00 bits per heavy atom. The molecule has 116 valence electrons. The molecule has 0 aliphatic carbocycles. The molecule has 0 saturated heterocycles. The van der Waals surface area contributed by atoms with E-state index in [4.69, 9.17) is 8.83 Å². The normalized spacial score (nSPS) is 12.0. The third kappa shape index (κ3) is 3.55. The first-order valence-electron chi connectivity index (χ1n) is 6.71. The second kappa shape index (κ2) is 6.46. The Morgan fingerprint density at radius 1 is 1.24 bits per heavy atom. The molecule has 2 aromatic rings. The Balaban J connectivity index is 2.15. The minimum atomic E-state index is -3.60. The van der Waals surface area contributed by atoms with E-state index in [0.29, 0.717) is 30.0 Å². The molecule has 0 aliphatic rings. The molecule has 0 unspecified atom stereocenters. The Labute approximate surface area is 124 Å². The summed E-state index contributed by atoms with van der Waals surface area (Å²) in [6.07, 6.45) is 2.07. The summed E-state index contributed by atoms with van der Waals surface area (Å²) < 4.78 is 38.2. The van der Waals surface area contributed by atoms with E-state index in [0.717, 1.165) is 5.76 Å². The molecule has 0 saturated carbocycles. The molecule has 0 aliphatic heterocycles. The van der Waals surface area contributed by atoms with E-state index in [1.165, 1.54) is 0 Å². The molecule has 0 radical (unpaired) electrons. The zero-order valence-electron chi connectivity index (χ0n) is 12.4. The van der Waals surface area contributed by atoms with E-state index in [1.54, 1.807) is 33.2 Å². The van der Waals surface area contributed by atoms with Gasteiger partial charge in [-0.25, -0.2) is 13.1 Å². The lowest BCUT2D eigenvalue weighted by atomic mass is 10.2. The van der Waals surface area contributed by atoms with Crippen molar-refractivity contribution in [2.24, 2.45) is 0 Å². The van der Waals surface area contributed by atoms with E-state index in [2.05, 4.69) is 10.0 Å². The maximum Gasteiger partial charge on any atom is 0.244 e. The Bertz CT molecular complexity index is 687. The largest absolute Gasteiger partial charge is 0.469 e. The van der Waals surface area contributed by atoms with E-state index >= 15 is 0 Å². The van der Waals surface area contributed by atoms with Gasteiger partial charge in [0.25, 0.3) is 0 Å². The van der Waals surface area contributed by atoms with Crippen molar-refractivity contribution in [3.05, 3.63) is 41.2 Å². The first-order valence-corrected chi connectivity index (χ1v) is 8.19. The van der Waals surface area contributed by atoms with Crippen molar-refractivity contribution >= 4 is 10.0 Å². The third-order valence-electron chi connectivity index (χ3n) is 3.19. The molecule has 0 amide bonds. The number of hydrogen-bond acceptors (Lipinski definition) is 5. The Morgan fingerprint density at radius 3 is 2.62 bits per heavy atom. The molecule has 2 rings (SSSR count). The Kier molecular flexibility index (Phi) is 4.87. The predicted octanol–water partition coefficient (Wildman–Crippen LogP) is 1.73. The molecule has 0 atom stereocenters. The number of sulfonamides is 1. The van der Waals surface area contributed by atoms with E-state index < -0.39 is 10.0 Å². The monoisotopic (exact) mass is 312 g/mol. The van der Waals surface area contributed by atoms with Crippen LogP contribution in [0.1, 0.15) is 22.8 Å². The van der Waals surface area contributed by atoms with Crippen molar-refractivity contribution in [3.63, 3.8) is 0 Å². The molecule has 0 spiro atoms. The van der Waals surface area contributed by atoms with Crippen molar-refractivity contribution in [1.82, 2.24) is 10.0 Å². The van der Waals surface area contributed by atoms with Gasteiger partial charge >= 0.3 is 0 Å². The van der Waals surface area contributed by atoms with Crippen molar-refractivity contribution in [2.45, 2.75) is 31.7 Å². The summed E-state index contributed by atoms with van der Waals surface area (Å²) in [4.78, 5) is 0.230. The van der Waals surface area contributed by atoms with Gasteiger partial charge in [0.05, 0.1) is 6.26 Å². The van der Waals surface area contributed by atoms with Gasteiger partial charge in [-0.3, -0.25) is 0 Å². The fraction of sp³-hybridized carbons (Fsp3) is 0.429. The highest BCUT2D eigenvalue weighted by Crippen LogP contribution is 2.26. The van der Waals surface area contributed by atoms with Gasteiger partial charge in [-0.1, -0.05) is 0 Å². The van der Waals surface area contributed by atoms with Gasteiger partial charge in [0.15, 0.2) is 0 Å². The molecular weight excluding hydrogens is 292 g/mol. The SMILES string of the molecule is CNCc1c(C)oc(C)c1S(=O)(=O)NCCc1ccco1. The summed E-state index contributed by atoms with van der Waals surface area (Å²) in [7, 11) is -1.84. The quantitative estimate of drug-likeness (QED) is 0.813. The smallest absolute Gasteiger partial charge is 0.244 e. The van der Waals surface area contributed by atoms with E-state index in [1.807, 2.05) is 6.07 Å². The van der Waals surface area contributed by atoms with Crippen molar-refractivity contribution in [3.8, 4) is 0 Å². The topological polar surface area (TPSA) is 84.5 Å². The van der Waals surface area contributed by atoms with Crippen LogP contribution in [0.3, 0.4) is 0 Å². The lowest BCUT2D eigenvalue weighted by Gasteiger charge is -2.08. The number of rotatable bonds is 7. The second-order valence-electron chi connectivity index (χ2n) is 4.78. The lowest BCUT2D eigenvalue weighted by Crippen LogP contribution is -2.27. The van der Waals surface area contributed by atoms with Crippen LogP contribution in [-0.4, -0.2) is 22.0 Å². The van der Waals surface area contributed by atoms with Crippen LogP contribution in [0.4, 0.5) is 0 Å². The maximum absolute atomic E-state index is 12.5. The van der Waals surface area contributed by atoms with Gasteiger partial charge in [-0.05, 0) is 33.0 Å². The molecule has 2 aromatic heterocycles. The molecule has 0 fully saturated rings. The molecule has 0 aromatic carbocycles. The van der Waals surface area contributed by atoms with Gasteiger partial charge in [-0.2, -0.15) is 0 Å². The van der Waals surface area contributed by atoms with Crippen LogP contribution in [-0.2, 0) is 23.0 Å². The highest BCUT2D eigenvalue weighted by atomic mass is 32.2. The highest BCUT2D eigenvalue weighted by molar-refractivity contribution is 7.89. The maximum atomic E-state index is 12.5. The first kappa shape index (κ1) is 15.8. The van der Waals surface area contributed by atoms with Gasteiger partial charge < -0.3 is 14.2 Å². The van der Waals surface area contributed by atoms with Crippen molar-refractivity contribution in [1.29, 1.82) is 0 Å². The number of furan rings is 2. The summed E-state index contributed by atoms with van der Waals surface area (Å²) in [5, 5.41) is 2.96. The van der Waals surface area contributed by atoms with Gasteiger partial charge in [-0.15, -0.1) is 0 Å². The lowest BCUT2D eigenvalue weighted by molar-refractivity contribution is 0.492. The second-order valence-corrected chi connectivity index (χ2v) is 6.48. The van der Waals surface area contributed by atoms with Crippen molar-refractivity contribution in [2.75, 3.05) is 13.6 Å². The molecule has 7 heteroatoms. The van der Waals surface area contributed by atoms with Gasteiger partial charge in [0.2, 0.25) is 10.0 Å². The van der Waals surface area contributed by atoms with E-state index in [-0.39, 0.29) is 11.4 Å². The summed E-state index contributed by atoms with van der Waals surface area (Å²) in [5.74, 6) is 1.77. The molecule has 2 heterocycles. The summed E-state index contributed by atoms with van der Waals surface area (Å²) in [5.41, 5.74) is 0.667. The number of nitrogens with one attached hydrogen (secondary N) is 2. The fourth-order valence-corrected chi connectivity index (χ4v) is 3.75. The standard InChI is InChI=1S/C14H20N2O4S/c1-10-13(9-15-3)14(11(2)20-10)21(17,18)16-7-6-12-5-4-8-19-12/h4-5,8,15-16H,6-7,9H2,1-3H3. The molecule has 2 N–H and O–H groups in total. The molecular formula is C14H20N2O4S. The van der Waals surface area contributed by atoms with Crippen LogP contribution in [0, 0.1) is 13.8 Å². The average Bonchev–Trinajstić information content (AvgIpc) is 2.99. The van der Waals surface area contributed by atoms with Crippen molar-refractivity contribution < 1.29 is 17.3 Å². The summed E-state index contributed by atoms with van der Waals surface area (Å²) >= 11 is 0. The minimum Gasteiger partial charge on any atom is -0.469 e. The minimum absolute atomic E-state index is 0.230. The highest BCUT2D eigenvalue weighted by Gasteiger charge is 2.26. The van der Waals surface area contributed by atoms with Crippen LogP contribution in [0.5, 0.6) is 0 Å². The average molecular weight is 312 g/mol. The number of aryl methyl sites for hydroxylation is 2. The van der Waals surface area contributed by atoms with Crippen LogP contribution >= 0.6 is 0 Å². The zero-order chi connectivity index (χ0) is 15.5.